The first-order valence-electron chi connectivity index (χ1n) is 8.88. The average molecular weight is 383 g/mol. The monoisotopic (exact) mass is 383 g/mol. The van der Waals surface area contributed by atoms with E-state index in [1.807, 2.05) is 37.3 Å². The van der Waals surface area contributed by atoms with Gasteiger partial charge in [0.25, 0.3) is 5.69 Å². The summed E-state index contributed by atoms with van der Waals surface area (Å²) in [5.41, 5.74) is 1.21. The van der Waals surface area contributed by atoms with Gasteiger partial charge in [0.15, 0.2) is 0 Å². The second-order valence-electron chi connectivity index (χ2n) is 6.66. The van der Waals surface area contributed by atoms with Gasteiger partial charge in [-0.25, -0.2) is 0 Å². The molecule has 8 nitrogen and oxygen atoms in total. The number of hydrogen-bond acceptors (Lipinski definition) is 5. The molecule has 146 valence electrons. The summed E-state index contributed by atoms with van der Waals surface area (Å²) >= 11 is 0. The molecule has 2 aromatic carbocycles. The minimum atomic E-state index is -0.535. The van der Waals surface area contributed by atoms with Crippen molar-refractivity contribution in [1.29, 1.82) is 0 Å². The van der Waals surface area contributed by atoms with Crippen LogP contribution in [0.3, 0.4) is 0 Å². The lowest BCUT2D eigenvalue weighted by atomic mass is 10.1. The molecule has 0 aromatic heterocycles. The largest absolute Gasteiger partial charge is 0.494 e. The van der Waals surface area contributed by atoms with Crippen LogP contribution >= 0.6 is 0 Å². The van der Waals surface area contributed by atoms with Gasteiger partial charge in [-0.3, -0.25) is 19.7 Å². The zero-order chi connectivity index (χ0) is 20.3. The molecule has 0 bridgehead atoms. The molecule has 1 heterocycles. The van der Waals surface area contributed by atoms with Gasteiger partial charge in [0.05, 0.1) is 35.7 Å². The average Bonchev–Trinajstić information content (AvgIpc) is 3.10. The maximum atomic E-state index is 12.7. The Bertz CT molecular complexity index is 900. The minimum Gasteiger partial charge on any atom is -0.494 e. The topological polar surface area (TPSA) is 102 Å². The van der Waals surface area contributed by atoms with Crippen LogP contribution < -0.4 is 10.1 Å². The molecule has 0 saturated carbocycles. The molecule has 8 heteroatoms. The molecule has 1 fully saturated rings. The minimum absolute atomic E-state index is 0.0767. The summed E-state index contributed by atoms with van der Waals surface area (Å²) in [7, 11) is 1.37. The number of rotatable bonds is 6. The van der Waals surface area contributed by atoms with Crippen LogP contribution in [-0.4, -0.2) is 35.3 Å². The highest BCUT2D eigenvalue weighted by Gasteiger charge is 2.37. The molecule has 2 atom stereocenters. The Kier molecular flexibility index (Phi) is 5.58. The van der Waals surface area contributed by atoms with E-state index in [-0.39, 0.29) is 35.7 Å². The number of benzene rings is 2. The molecule has 3 rings (SSSR count). The summed E-state index contributed by atoms with van der Waals surface area (Å²) in [6.07, 6.45) is 0.123. The summed E-state index contributed by atoms with van der Waals surface area (Å²) in [5.74, 6) is -0.699. The van der Waals surface area contributed by atoms with Crippen molar-refractivity contribution >= 4 is 23.2 Å². The summed E-state index contributed by atoms with van der Waals surface area (Å²) in [5, 5.41) is 13.6. The predicted molar refractivity (Wildman–Crippen MR) is 103 cm³/mol. The zero-order valence-corrected chi connectivity index (χ0v) is 15.6. The van der Waals surface area contributed by atoms with Gasteiger partial charge in [0.1, 0.15) is 5.75 Å². The molecule has 1 N–H and O–H groups in total. The highest BCUT2D eigenvalue weighted by Crippen LogP contribution is 2.32. The number of nitrogens with zero attached hydrogens (tertiary/aromatic N) is 2. The SMILES string of the molecule is COc1cc([N+](=O)[O-])ccc1NC(=O)C1CC(=O)N(C(C)c2ccccc2)C1. The molecule has 0 aliphatic carbocycles. The van der Waals surface area contributed by atoms with E-state index >= 15 is 0 Å². The Hall–Kier alpha value is -3.42. The number of ether oxygens (including phenoxy) is 1. The maximum Gasteiger partial charge on any atom is 0.273 e. The molecule has 1 saturated heterocycles. The lowest BCUT2D eigenvalue weighted by Crippen LogP contribution is -2.30. The van der Waals surface area contributed by atoms with Crippen molar-refractivity contribution in [2.24, 2.45) is 5.92 Å². The number of hydrogen-bond donors (Lipinski definition) is 1. The summed E-state index contributed by atoms with van der Waals surface area (Å²) in [6.45, 7) is 2.25. The lowest BCUT2D eigenvalue weighted by Gasteiger charge is -2.25. The van der Waals surface area contributed by atoms with E-state index in [1.54, 1.807) is 4.90 Å². The quantitative estimate of drug-likeness (QED) is 0.610. The van der Waals surface area contributed by atoms with Crippen LogP contribution in [0.2, 0.25) is 0 Å². The molecule has 2 amide bonds. The number of carbonyl (C=O) groups is 2. The van der Waals surface area contributed by atoms with Crippen molar-refractivity contribution in [3.05, 3.63) is 64.2 Å². The molecule has 0 spiro atoms. The van der Waals surface area contributed by atoms with Gasteiger partial charge in [0.2, 0.25) is 11.8 Å². The molecule has 1 aliphatic heterocycles. The van der Waals surface area contributed by atoms with Crippen LogP contribution in [-0.2, 0) is 9.59 Å². The molecule has 28 heavy (non-hydrogen) atoms. The van der Waals surface area contributed by atoms with Crippen LogP contribution in [0.1, 0.15) is 24.9 Å². The third-order valence-electron chi connectivity index (χ3n) is 4.93. The number of nitrogens with one attached hydrogen (secondary N) is 1. The van der Waals surface area contributed by atoms with Crippen LogP contribution in [0.5, 0.6) is 5.75 Å². The summed E-state index contributed by atoms with van der Waals surface area (Å²) < 4.78 is 5.14. The van der Waals surface area contributed by atoms with Crippen molar-refractivity contribution in [3.8, 4) is 5.75 Å². The molecule has 2 unspecified atom stereocenters. The second kappa shape index (κ2) is 8.08. The van der Waals surface area contributed by atoms with Crippen molar-refractivity contribution in [3.63, 3.8) is 0 Å². The van der Waals surface area contributed by atoms with E-state index in [2.05, 4.69) is 5.32 Å². The second-order valence-corrected chi connectivity index (χ2v) is 6.66. The number of anilines is 1. The third-order valence-corrected chi connectivity index (χ3v) is 4.93. The van der Waals surface area contributed by atoms with Crippen molar-refractivity contribution in [1.82, 2.24) is 4.90 Å². The Balaban J connectivity index is 1.71. The zero-order valence-electron chi connectivity index (χ0n) is 15.6. The number of likely N-dealkylation sites (tertiary alicyclic amines) is 1. The number of carbonyl (C=O) groups excluding carboxylic acids is 2. The molecule has 1 aliphatic rings. The van der Waals surface area contributed by atoms with E-state index in [1.165, 1.54) is 25.3 Å². The first-order valence-corrected chi connectivity index (χ1v) is 8.88. The third kappa shape index (κ3) is 3.95. The van der Waals surface area contributed by atoms with Crippen LogP contribution in [0.25, 0.3) is 0 Å². The molecule has 0 radical (unpaired) electrons. The summed E-state index contributed by atoms with van der Waals surface area (Å²) in [4.78, 5) is 37.2. The number of amides is 2. The van der Waals surface area contributed by atoms with Gasteiger partial charge in [-0.15, -0.1) is 0 Å². The van der Waals surface area contributed by atoms with E-state index in [0.29, 0.717) is 12.2 Å². The Morgan fingerprint density at radius 2 is 2.00 bits per heavy atom. The van der Waals surface area contributed by atoms with E-state index in [0.717, 1.165) is 5.56 Å². The number of methoxy groups -OCH3 is 1. The normalized spacial score (nSPS) is 17.3. The van der Waals surface area contributed by atoms with E-state index < -0.39 is 10.8 Å². The maximum absolute atomic E-state index is 12.7. The van der Waals surface area contributed by atoms with E-state index in [9.17, 15) is 19.7 Å². The van der Waals surface area contributed by atoms with Crippen molar-refractivity contribution in [2.45, 2.75) is 19.4 Å². The van der Waals surface area contributed by atoms with Gasteiger partial charge < -0.3 is 15.0 Å². The van der Waals surface area contributed by atoms with Crippen LogP contribution in [0.15, 0.2) is 48.5 Å². The molecular formula is C20H21N3O5. The highest BCUT2D eigenvalue weighted by molar-refractivity contribution is 5.98. The van der Waals surface area contributed by atoms with Crippen LogP contribution in [0, 0.1) is 16.0 Å². The van der Waals surface area contributed by atoms with Gasteiger partial charge in [-0.1, -0.05) is 30.3 Å². The Labute approximate surface area is 162 Å². The Morgan fingerprint density at radius 3 is 2.64 bits per heavy atom. The molecule has 2 aromatic rings. The van der Waals surface area contributed by atoms with Crippen molar-refractivity contribution in [2.75, 3.05) is 19.0 Å². The van der Waals surface area contributed by atoms with Gasteiger partial charge in [-0.2, -0.15) is 0 Å². The number of nitro groups is 1. The Morgan fingerprint density at radius 1 is 1.29 bits per heavy atom. The smallest absolute Gasteiger partial charge is 0.273 e. The highest BCUT2D eigenvalue weighted by atomic mass is 16.6. The predicted octanol–water partition coefficient (Wildman–Crippen LogP) is 3.15. The fourth-order valence-electron chi connectivity index (χ4n) is 3.32. The van der Waals surface area contributed by atoms with Gasteiger partial charge in [-0.05, 0) is 18.6 Å². The van der Waals surface area contributed by atoms with Crippen LogP contribution in [0.4, 0.5) is 11.4 Å². The fourth-order valence-corrected chi connectivity index (χ4v) is 3.32. The molecular weight excluding hydrogens is 362 g/mol. The number of non-ortho nitro benzene ring substituents is 1. The van der Waals surface area contributed by atoms with Crippen molar-refractivity contribution < 1.29 is 19.2 Å². The number of nitro benzene ring substituents is 1. The fraction of sp³-hybridized carbons (Fsp3) is 0.300. The standard InChI is InChI=1S/C20H21N3O5/c1-13(14-6-4-3-5-7-14)22-12-15(10-19(22)24)20(25)21-17-9-8-16(23(26)27)11-18(17)28-2/h3-9,11,13,15H,10,12H2,1-2H3,(H,21,25). The first-order chi connectivity index (χ1) is 13.4. The lowest BCUT2D eigenvalue weighted by molar-refractivity contribution is -0.384. The van der Waals surface area contributed by atoms with Gasteiger partial charge in [0, 0.05) is 19.0 Å². The van der Waals surface area contributed by atoms with E-state index in [4.69, 9.17) is 4.74 Å². The first kappa shape index (κ1) is 19.3. The summed E-state index contributed by atoms with van der Waals surface area (Å²) in [6, 6.07) is 13.5. The van der Waals surface area contributed by atoms with Gasteiger partial charge >= 0.3 is 0 Å².